The summed E-state index contributed by atoms with van der Waals surface area (Å²) in [6.45, 7) is 0. The molecule has 3 nitrogen and oxygen atoms in total. The first-order valence-corrected chi connectivity index (χ1v) is 6.68. The highest BCUT2D eigenvalue weighted by atomic mass is 35.5. The average molecular weight is 329 g/mol. The molecule has 0 unspecified atom stereocenters. The van der Waals surface area contributed by atoms with Gasteiger partial charge < -0.3 is 0 Å². The summed E-state index contributed by atoms with van der Waals surface area (Å²) in [5, 5.41) is 11.9. The van der Waals surface area contributed by atoms with Gasteiger partial charge in [-0.05, 0) is 23.8 Å². The van der Waals surface area contributed by atoms with E-state index in [1.165, 1.54) is 12.1 Å². The number of benzene rings is 2. The molecule has 0 saturated heterocycles. The van der Waals surface area contributed by atoms with Gasteiger partial charge in [0, 0.05) is 21.7 Å². The van der Waals surface area contributed by atoms with Crippen LogP contribution in [0.25, 0.3) is 12.2 Å². The van der Waals surface area contributed by atoms with Gasteiger partial charge in [0.25, 0.3) is 5.69 Å². The van der Waals surface area contributed by atoms with Crippen molar-refractivity contribution in [2.75, 3.05) is 0 Å². The summed E-state index contributed by atoms with van der Waals surface area (Å²) in [5.41, 5.74) is 1.16. The van der Waals surface area contributed by atoms with Crippen LogP contribution in [-0.4, -0.2) is 4.92 Å². The van der Waals surface area contributed by atoms with E-state index >= 15 is 0 Å². The van der Waals surface area contributed by atoms with Crippen molar-refractivity contribution in [1.29, 1.82) is 0 Å². The Bertz CT molecular complexity index is 679. The fraction of sp³-hybridized carbons (Fsp3) is 0. The van der Waals surface area contributed by atoms with Crippen LogP contribution in [0.4, 0.5) is 5.69 Å². The topological polar surface area (TPSA) is 43.1 Å². The van der Waals surface area contributed by atoms with Crippen LogP contribution in [0.3, 0.4) is 0 Å². The van der Waals surface area contributed by atoms with E-state index in [9.17, 15) is 10.1 Å². The molecule has 0 aliphatic rings. The van der Waals surface area contributed by atoms with E-state index < -0.39 is 4.92 Å². The van der Waals surface area contributed by atoms with E-state index in [4.69, 9.17) is 34.8 Å². The summed E-state index contributed by atoms with van der Waals surface area (Å²) in [4.78, 5) is 10.3. The van der Waals surface area contributed by atoms with Gasteiger partial charge >= 0.3 is 0 Å². The summed E-state index contributed by atoms with van der Waals surface area (Å²) in [6, 6.07) is 9.73. The van der Waals surface area contributed by atoms with Crippen molar-refractivity contribution < 1.29 is 4.92 Å². The fourth-order valence-electron chi connectivity index (χ4n) is 1.62. The molecule has 0 radical (unpaired) electrons. The van der Waals surface area contributed by atoms with Crippen LogP contribution in [0, 0.1) is 10.1 Å². The summed E-state index contributed by atoms with van der Waals surface area (Å²) in [5.74, 6) is 0. The molecule has 0 aliphatic heterocycles. The first-order valence-electron chi connectivity index (χ1n) is 5.55. The van der Waals surface area contributed by atoms with Gasteiger partial charge in [0.2, 0.25) is 0 Å². The van der Waals surface area contributed by atoms with Gasteiger partial charge in [0.05, 0.1) is 4.92 Å². The van der Waals surface area contributed by atoms with Crippen molar-refractivity contribution >= 4 is 52.6 Å². The molecule has 0 saturated carbocycles. The van der Waals surface area contributed by atoms with Crippen LogP contribution in [0.2, 0.25) is 15.1 Å². The number of rotatable bonds is 3. The molecule has 0 spiro atoms. The Kier molecular flexibility index (Phi) is 4.65. The second-order valence-corrected chi connectivity index (χ2v) is 5.16. The molecule has 2 aromatic rings. The van der Waals surface area contributed by atoms with Gasteiger partial charge in [0.1, 0.15) is 5.02 Å². The molecule has 0 amide bonds. The minimum Gasteiger partial charge on any atom is -0.258 e. The van der Waals surface area contributed by atoms with Crippen LogP contribution in [0.5, 0.6) is 0 Å². The third kappa shape index (κ3) is 3.31. The SMILES string of the molecule is O=[N+]([O-])c1cc(/C=C/c2c(Cl)cccc2Cl)ccc1Cl. The third-order valence-electron chi connectivity index (χ3n) is 2.61. The van der Waals surface area contributed by atoms with Crippen molar-refractivity contribution in [3.05, 3.63) is 72.7 Å². The monoisotopic (exact) mass is 327 g/mol. The molecule has 20 heavy (non-hydrogen) atoms. The number of nitrogens with zero attached hydrogens (tertiary/aromatic N) is 1. The maximum Gasteiger partial charge on any atom is 0.288 e. The zero-order chi connectivity index (χ0) is 14.7. The van der Waals surface area contributed by atoms with Gasteiger partial charge in [0.15, 0.2) is 0 Å². The second-order valence-electron chi connectivity index (χ2n) is 3.94. The van der Waals surface area contributed by atoms with Crippen LogP contribution in [0.15, 0.2) is 36.4 Å². The summed E-state index contributed by atoms with van der Waals surface area (Å²) in [6.07, 6.45) is 3.40. The number of nitro groups is 1. The molecule has 2 rings (SSSR count). The molecule has 0 fully saturated rings. The van der Waals surface area contributed by atoms with Crippen molar-refractivity contribution in [3.8, 4) is 0 Å². The Morgan fingerprint density at radius 1 is 0.950 bits per heavy atom. The predicted octanol–water partition coefficient (Wildman–Crippen LogP) is 5.73. The van der Waals surface area contributed by atoms with Crippen molar-refractivity contribution in [2.45, 2.75) is 0 Å². The highest BCUT2D eigenvalue weighted by Gasteiger charge is 2.11. The maximum atomic E-state index is 10.8. The number of halogens is 3. The van der Waals surface area contributed by atoms with E-state index in [1.807, 2.05) is 0 Å². The van der Waals surface area contributed by atoms with Crippen LogP contribution in [-0.2, 0) is 0 Å². The van der Waals surface area contributed by atoms with Crippen molar-refractivity contribution in [1.82, 2.24) is 0 Å². The second kappa shape index (κ2) is 6.27. The zero-order valence-electron chi connectivity index (χ0n) is 10.0. The molecule has 0 aromatic heterocycles. The Morgan fingerprint density at radius 2 is 1.60 bits per heavy atom. The predicted molar refractivity (Wildman–Crippen MR) is 83.5 cm³/mol. The van der Waals surface area contributed by atoms with Gasteiger partial charge in [-0.25, -0.2) is 0 Å². The maximum absolute atomic E-state index is 10.8. The minimum absolute atomic E-state index is 0.0999. The van der Waals surface area contributed by atoms with Crippen LogP contribution >= 0.6 is 34.8 Å². The van der Waals surface area contributed by atoms with Crippen molar-refractivity contribution in [2.24, 2.45) is 0 Å². The van der Waals surface area contributed by atoms with Crippen LogP contribution in [0.1, 0.15) is 11.1 Å². The fourth-order valence-corrected chi connectivity index (χ4v) is 2.33. The lowest BCUT2D eigenvalue weighted by molar-refractivity contribution is -0.384. The summed E-state index contributed by atoms with van der Waals surface area (Å²) >= 11 is 17.8. The summed E-state index contributed by atoms with van der Waals surface area (Å²) < 4.78 is 0. The van der Waals surface area contributed by atoms with Gasteiger partial charge in [-0.2, -0.15) is 0 Å². The molecule has 0 bridgehead atoms. The Morgan fingerprint density at radius 3 is 2.20 bits per heavy atom. The van der Waals surface area contributed by atoms with E-state index in [-0.39, 0.29) is 10.7 Å². The third-order valence-corrected chi connectivity index (χ3v) is 3.59. The molecule has 0 aliphatic carbocycles. The lowest BCUT2D eigenvalue weighted by Gasteiger charge is -2.01. The zero-order valence-corrected chi connectivity index (χ0v) is 12.3. The summed E-state index contributed by atoms with van der Waals surface area (Å²) in [7, 11) is 0. The highest BCUT2D eigenvalue weighted by molar-refractivity contribution is 6.37. The molecule has 6 heteroatoms. The smallest absolute Gasteiger partial charge is 0.258 e. The van der Waals surface area contributed by atoms with Crippen LogP contribution < -0.4 is 0 Å². The molecule has 102 valence electrons. The highest BCUT2D eigenvalue weighted by Crippen LogP contribution is 2.28. The Labute approximate surface area is 130 Å². The first-order chi connectivity index (χ1) is 9.49. The van der Waals surface area contributed by atoms with Crippen molar-refractivity contribution in [3.63, 3.8) is 0 Å². The molecule has 0 atom stereocenters. The van der Waals surface area contributed by atoms with E-state index in [2.05, 4.69) is 0 Å². The number of nitro benzene ring substituents is 1. The number of hydrogen-bond acceptors (Lipinski definition) is 2. The average Bonchev–Trinajstić information content (AvgIpc) is 2.39. The number of hydrogen-bond donors (Lipinski definition) is 0. The van der Waals surface area contributed by atoms with Gasteiger partial charge in [-0.3, -0.25) is 10.1 Å². The molecular formula is C14H8Cl3NO2. The Hall–Kier alpha value is -1.55. The van der Waals surface area contributed by atoms with E-state index in [1.54, 1.807) is 36.4 Å². The molecule has 2 aromatic carbocycles. The van der Waals surface area contributed by atoms with Gasteiger partial charge in [-0.1, -0.05) is 59.1 Å². The van der Waals surface area contributed by atoms with E-state index in [0.29, 0.717) is 21.2 Å². The molecule has 0 N–H and O–H groups in total. The first kappa shape index (κ1) is 14.9. The standard InChI is InChI=1S/C14H8Cl3NO2/c15-11-2-1-3-12(16)10(11)6-4-9-5-7-13(17)14(8-9)18(19)20/h1-8H/b6-4+. The lowest BCUT2D eigenvalue weighted by Crippen LogP contribution is -1.89. The Balaban J connectivity index is 2.37. The minimum atomic E-state index is -0.526. The normalized spacial score (nSPS) is 10.9. The lowest BCUT2D eigenvalue weighted by atomic mass is 10.1. The largest absolute Gasteiger partial charge is 0.288 e. The van der Waals surface area contributed by atoms with E-state index in [0.717, 1.165) is 0 Å². The molecule has 0 heterocycles. The van der Waals surface area contributed by atoms with Gasteiger partial charge in [-0.15, -0.1) is 0 Å². The quantitative estimate of drug-likeness (QED) is 0.410. The molecular weight excluding hydrogens is 321 g/mol.